The van der Waals surface area contributed by atoms with Crippen molar-refractivity contribution in [1.82, 2.24) is 0 Å². The Morgan fingerprint density at radius 3 is 2.11 bits per heavy atom. The zero-order valence-corrected chi connectivity index (χ0v) is 12.5. The topological polar surface area (TPSA) is 38.7 Å². The second-order valence-corrected chi connectivity index (χ2v) is 6.52. The maximum atomic E-state index is 10.1. The van der Waals surface area contributed by atoms with Gasteiger partial charge in [-0.15, -0.1) is 0 Å². The van der Waals surface area contributed by atoms with Crippen molar-refractivity contribution in [2.75, 3.05) is 14.2 Å². The number of methoxy groups -OCH3 is 2. The van der Waals surface area contributed by atoms with Crippen LogP contribution in [0, 0.1) is 0 Å². The summed E-state index contributed by atoms with van der Waals surface area (Å²) in [5.41, 5.74) is 1.61. The molecule has 1 fully saturated rings. The molecule has 1 saturated carbocycles. The number of ether oxygens (including phenoxy) is 2. The molecule has 0 aromatic heterocycles. The van der Waals surface area contributed by atoms with Gasteiger partial charge in [-0.2, -0.15) is 0 Å². The molecule has 0 radical (unpaired) electrons. The number of benzene rings is 1. The van der Waals surface area contributed by atoms with Gasteiger partial charge in [-0.05, 0) is 30.4 Å². The molecule has 3 heteroatoms. The van der Waals surface area contributed by atoms with Gasteiger partial charge in [0, 0.05) is 17.5 Å². The highest BCUT2D eigenvalue weighted by Crippen LogP contribution is 2.43. The molecule has 0 spiro atoms. The zero-order valence-electron chi connectivity index (χ0n) is 12.5. The highest BCUT2D eigenvalue weighted by molar-refractivity contribution is 5.50. The largest absolute Gasteiger partial charge is 0.496 e. The van der Waals surface area contributed by atoms with E-state index in [4.69, 9.17) is 9.47 Å². The molecular weight excluding hydrogens is 240 g/mol. The lowest BCUT2D eigenvalue weighted by atomic mass is 9.85. The molecule has 0 atom stereocenters. The van der Waals surface area contributed by atoms with Gasteiger partial charge in [-0.3, -0.25) is 0 Å². The summed E-state index contributed by atoms with van der Waals surface area (Å²) in [6.07, 6.45) is 2.38. The molecule has 1 aliphatic rings. The first-order valence-corrected chi connectivity index (χ1v) is 6.77. The molecule has 3 nitrogen and oxygen atoms in total. The molecule has 1 aromatic rings. The third kappa shape index (κ3) is 3.03. The quantitative estimate of drug-likeness (QED) is 0.908. The van der Waals surface area contributed by atoms with E-state index >= 15 is 0 Å². The van der Waals surface area contributed by atoms with E-state index in [1.54, 1.807) is 14.2 Å². The minimum atomic E-state index is -0.526. The molecule has 0 heterocycles. The molecule has 1 aliphatic carbocycles. The van der Waals surface area contributed by atoms with Crippen LogP contribution in [0.25, 0.3) is 0 Å². The van der Waals surface area contributed by atoms with Gasteiger partial charge in [0.1, 0.15) is 11.5 Å². The first kappa shape index (κ1) is 14.2. The lowest BCUT2D eigenvalue weighted by Crippen LogP contribution is -2.16. The normalized spacial score (nSPS) is 17.2. The van der Waals surface area contributed by atoms with Crippen LogP contribution in [-0.2, 0) is 11.8 Å². The Labute approximate surface area is 115 Å². The lowest BCUT2D eigenvalue weighted by Gasteiger charge is -2.24. The first-order chi connectivity index (χ1) is 8.79. The molecule has 0 bridgehead atoms. The van der Waals surface area contributed by atoms with E-state index in [0.29, 0.717) is 6.42 Å². The van der Waals surface area contributed by atoms with Gasteiger partial charge in [0.25, 0.3) is 0 Å². The Hall–Kier alpha value is -1.22. The highest BCUT2D eigenvalue weighted by Gasteiger charge is 2.41. The van der Waals surface area contributed by atoms with Crippen LogP contribution in [0.5, 0.6) is 11.5 Å². The fourth-order valence-electron chi connectivity index (χ4n) is 2.36. The number of hydrogen-bond donors (Lipinski definition) is 1. The van der Waals surface area contributed by atoms with Crippen LogP contribution in [0.2, 0.25) is 0 Å². The highest BCUT2D eigenvalue weighted by atomic mass is 16.5. The predicted molar refractivity (Wildman–Crippen MR) is 76.1 cm³/mol. The number of rotatable bonds is 4. The van der Waals surface area contributed by atoms with Crippen molar-refractivity contribution in [3.63, 3.8) is 0 Å². The Bertz CT molecular complexity index is 468. The van der Waals surface area contributed by atoms with Crippen LogP contribution < -0.4 is 9.47 Å². The number of hydrogen-bond acceptors (Lipinski definition) is 3. The van der Waals surface area contributed by atoms with Crippen LogP contribution in [0.15, 0.2) is 12.1 Å². The summed E-state index contributed by atoms with van der Waals surface area (Å²) in [6, 6.07) is 4.05. The third-order valence-corrected chi connectivity index (χ3v) is 3.76. The molecule has 106 valence electrons. The Balaban J connectivity index is 2.44. The molecule has 2 rings (SSSR count). The molecule has 1 N–H and O–H groups in total. The molecule has 0 unspecified atom stereocenters. The predicted octanol–water partition coefficient (Wildman–Crippen LogP) is 3.07. The fraction of sp³-hybridized carbons (Fsp3) is 0.625. The van der Waals surface area contributed by atoms with Crippen molar-refractivity contribution in [2.45, 2.75) is 51.0 Å². The summed E-state index contributed by atoms with van der Waals surface area (Å²) in [6.45, 7) is 6.45. The van der Waals surface area contributed by atoms with Gasteiger partial charge in [-0.1, -0.05) is 20.8 Å². The summed E-state index contributed by atoms with van der Waals surface area (Å²) in [5, 5.41) is 10.1. The fourth-order valence-corrected chi connectivity index (χ4v) is 2.36. The zero-order chi connectivity index (χ0) is 14.3. The maximum Gasteiger partial charge on any atom is 0.123 e. The van der Waals surface area contributed by atoms with Gasteiger partial charge < -0.3 is 14.6 Å². The van der Waals surface area contributed by atoms with E-state index in [0.717, 1.165) is 35.5 Å². The average Bonchev–Trinajstić information content (AvgIpc) is 3.04. The minimum Gasteiger partial charge on any atom is -0.496 e. The van der Waals surface area contributed by atoms with Crippen molar-refractivity contribution < 1.29 is 14.6 Å². The van der Waals surface area contributed by atoms with Crippen molar-refractivity contribution in [3.05, 3.63) is 23.3 Å². The van der Waals surface area contributed by atoms with Gasteiger partial charge in [0.05, 0.1) is 19.8 Å². The molecule has 0 saturated heterocycles. The van der Waals surface area contributed by atoms with E-state index in [9.17, 15) is 5.11 Å². The third-order valence-electron chi connectivity index (χ3n) is 3.76. The van der Waals surface area contributed by atoms with Crippen molar-refractivity contribution >= 4 is 0 Å². The van der Waals surface area contributed by atoms with Crippen LogP contribution in [-0.4, -0.2) is 24.9 Å². The van der Waals surface area contributed by atoms with Crippen molar-refractivity contribution in [3.8, 4) is 11.5 Å². The van der Waals surface area contributed by atoms with E-state index in [2.05, 4.69) is 20.8 Å². The Morgan fingerprint density at radius 1 is 1.11 bits per heavy atom. The summed E-state index contributed by atoms with van der Waals surface area (Å²) in [4.78, 5) is 0. The second-order valence-electron chi connectivity index (χ2n) is 6.52. The monoisotopic (exact) mass is 264 g/mol. The SMILES string of the molecule is COc1cc(C(C)(C)C)c(OC)cc1CC1(O)CC1. The van der Waals surface area contributed by atoms with Crippen LogP contribution in [0.4, 0.5) is 0 Å². The van der Waals surface area contributed by atoms with Crippen LogP contribution >= 0.6 is 0 Å². The molecule has 1 aromatic carbocycles. The van der Waals surface area contributed by atoms with Crippen molar-refractivity contribution in [1.29, 1.82) is 0 Å². The van der Waals surface area contributed by atoms with Gasteiger partial charge >= 0.3 is 0 Å². The molecule has 19 heavy (non-hydrogen) atoms. The summed E-state index contributed by atoms with van der Waals surface area (Å²) in [7, 11) is 3.36. The Morgan fingerprint density at radius 2 is 1.68 bits per heavy atom. The summed E-state index contributed by atoms with van der Waals surface area (Å²) in [5.74, 6) is 1.71. The smallest absolute Gasteiger partial charge is 0.123 e. The minimum absolute atomic E-state index is 0.00631. The van der Waals surface area contributed by atoms with E-state index in [1.165, 1.54) is 0 Å². The van der Waals surface area contributed by atoms with E-state index in [1.807, 2.05) is 12.1 Å². The molecule has 0 amide bonds. The second kappa shape index (κ2) is 4.71. The molecular formula is C16H24O3. The van der Waals surface area contributed by atoms with Crippen LogP contribution in [0.1, 0.15) is 44.7 Å². The van der Waals surface area contributed by atoms with Gasteiger partial charge in [0.15, 0.2) is 0 Å². The van der Waals surface area contributed by atoms with E-state index < -0.39 is 5.60 Å². The van der Waals surface area contributed by atoms with E-state index in [-0.39, 0.29) is 5.41 Å². The van der Waals surface area contributed by atoms with Crippen LogP contribution in [0.3, 0.4) is 0 Å². The average molecular weight is 264 g/mol. The standard InChI is InChI=1S/C16H24O3/c1-15(2,3)12-9-13(18-4)11(8-14(12)19-5)10-16(17)6-7-16/h8-9,17H,6-7,10H2,1-5H3. The van der Waals surface area contributed by atoms with Gasteiger partial charge in [-0.25, -0.2) is 0 Å². The van der Waals surface area contributed by atoms with Gasteiger partial charge in [0.2, 0.25) is 0 Å². The number of aliphatic hydroxyl groups is 1. The summed E-state index contributed by atoms with van der Waals surface area (Å²) >= 11 is 0. The Kier molecular flexibility index (Phi) is 3.52. The first-order valence-electron chi connectivity index (χ1n) is 6.77. The van der Waals surface area contributed by atoms with Crippen molar-refractivity contribution in [2.24, 2.45) is 0 Å². The summed E-state index contributed by atoms with van der Waals surface area (Å²) < 4.78 is 11.0. The maximum absolute atomic E-state index is 10.1. The molecule has 0 aliphatic heterocycles. The lowest BCUT2D eigenvalue weighted by molar-refractivity contribution is 0.150.